The first kappa shape index (κ1) is 10.5. The molecule has 1 aromatic carbocycles. The van der Waals surface area contributed by atoms with Gasteiger partial charge in [0.2, 0.25) is 0 Å². The van der Waals surface area contributed by atoms with Crippen LogP contribution in [0, 0.1) is 10.7 Å². The Kier molecular flexibility index (Phi) is 3.08. The third-order valence-electron chi connectivity index (χ3n) is 2.05. The van der Waals surface area contributed by atoms with E-state index in [9.17, 15) is 4.79 Å². The van der Waals surface area contributed by atoms with Crippen molar-refractivity contribution in [1.29, 1.82) is 5.26 Å². The molecular weight excluding hydrogens is 222 g/mol. The van der Waals surface area contributed by atoms with Gasteiger partial charge in [-0.05, 0) is 36.0 Å². The van der Waals surface area contributed by atoms with E-state index in [0.717, 1.165) is 22.2 Å². The average Bonchev–Trinajstić information content (AvgIpc) is 2.79. The molecule has 2 aromatic rings. The van der Waals surface area contributed by atoms with Crippen molar-refractivity contribution in [2.24, 2.45) is 0 Å². The molecule has 0 N–H and O–H groups in total. The number of nitriles is 1. The van der Waals surface area contributed by atoms with E-state index in [2.05, 4.69) is 0 Å². The molecule has 0 bridgehead atoms. The van der Waals surface area contributed by atoms with E-state index >= 15 is 0 Å². The van der Waals surface area contributed by atoms with Crippen LogP contribution in [-0.2, 0) is 0 Å². The molecule has 16 heavy (non-hydrogen) atoms. The van der Waals surface area contributed by atoms with E-state index in [-0.39, 0.29) is 0 Å². The average molecular weight is 229 g/mol. The lowest BCUT2D eigenvalue weighted by atomic mass is 10.2. The monoisotopic (exact) mass is 229 g/mol. The Morgan fingerprint density at radius 1 is 1.19 bits per heavy atom. The van der Waals surface area contributed by atoms with Gasteiger partial charge in [-0.1, -0.05) is 12.1 Å². The maximum absolute atomic E-state index is 10.5. The van der Waals surface area contributed by atoms with Gasteiger partial charge in [0.1, 0.15) is 11.2 Å². The largest absolute Gasteiger partial charge is 0.453 e. The highest BCUT2D eigenvalue weighted by atomic mass is 32.2. The summed E-state index contributed by atoms with van der Waals surface area (Å²) in [6.07, 6.45) is 0.670. The number of aldehydes is 1. The zero-order valence-corrected chi connectivity index (χ0v) is 9.03. The minimum atomic E-state index is 0.311. The standard InChI is InChI=1S/C12H7NO2S/c13-8-16-11-4-1-9(2-5-11)12-6-3-10(7-14)15-12/h1-7H. The van der Waals surface area contributed by atoms with Gasteiger partial charge in [-0.2, -0.15) is 5.26 Å². The lowest BCUT2D eigenvalue weighted by molar-refractivity contribution is 0.110. The molecular formula is C12H7NO2S. The van der Waals surface area contributed by atoms with Crippen molar-refractivity contribution in [1.82, 2.24) is 0 Å². The van der Waals surface area contributed by atoms with Gasteiger partial charge in [0.05, 0.1) is 0 Å². The van der Waals surface area contributed by atoms with E-state index in [1.54, 1.807) is 12.1 Å². The van der Waals surface area contributed by atoms with Crippen LogP contribution in [0.1, 0.15) is 10.6 Å². The summed E-state index contributed by atoms with van der Waals surface area (Å²) in [7, 11) is 0. The van der Waals surface area contributed by atoms with Gasteiger partial charge in [-0.25, -0.2) is 0 Å². The fourth-order valence-corrected chi connectivity index (χ4v) is 1.69. The molecule has 78 valence electrons. The molecule has 0 aliphatic rings. The molecule has 0 fully saturated rings. The molecule has 4 heteroatoms. The second-order valence-electron chi connectivity index (χ2n) is 3.04. The van der Waals surface area contributed by atoms with Crippen molar-refractivity contribution in [3.05, 3.63) is 42.2 Å². The van der Waals surface area contributed by atoms with Crippen molar-refractivity contribution in [3.8, 4) is 16.7 Å². The Hall–Kier alpha value is -1.99. The Morgan fingerprint density at radius 3 is 2.50 bits per heavy atom. The fourth-order valence-electron chi connectivity index (χ4n) is 1.31. The van der Waals surface area contributed by atoms with Crippen molar-refractivity contribution in [3.63, 3.8) is 0 Å². The summed E-state index contributed by atoms with van der Waals surface area (Å²) in [5.74, 6) is 0.959. The van der Waals surface area contributed by atoms with Gasteiger partial charge >= 0.3 is 0 Å². The Bertz CT molecular complexity index is 537. The lowest BCUT2D eigenvalue weighted by Crippen LogP contribution is -1.74. The molecule has 1 aromatic heterocycles. The molecule has 3 nitrogen and oxygen atoms in total. The van der Waals surface area contributed by atoms with E-state index in [1.165, 1.54) is 0 Å². The summed E-state index contributed by atoms with van der Waals surface area (Å²) in [6.45, 7) is 0. The zero-order valence-electron chi connectivity index (χ0n) is 8.21. The van der Waals surface area contributed by atoms with Crippen LogP contribution in [0.2, 0.25) is 0 Å². The number of benzene rings is 1. The molecule has 0 amide bonds. The summed E-state index contributed by atoms with van der Waals surface area (Å²) < 4.78 is 5.28. The predicted molar refractivity (Wildman–Crippen MR) is 61.0 cm³/mol. The predicted octanol–water partition coefficient (Wildman–Crippen LogP) is 3.33. The summed E-state index contributed by atoms with van der Waals surface area (Å²) in [5, 5.41) is 10.5. The van der Waals surface area contributed by atoms with Gasteiger partial charge in [-0.3, -0.25) is 4.79 Å². The van der Waals surface area contributed by atoms with Gasteiger partial charge in [0, 0.05) is 10.5 Å². The zero-order chi connectivity index (χ0) is 11.4. The summed E-state index contributed by atoms with van der Waals surface area (Å²) in [5.41, 5.74) is 0.885. The Morgan fingerprint density at radius 2 is 1.94 bits per heavy atom. The van der Waals surface area contributed by atoms with Crippen LogP contribution in [0.15, 0.2) is 45.7 Å². The topological polar surface area (TPSA) is 54.0 Å². The van der Waals surface area contributed by atoms with Gasteiger partial charge in [0.15, 0.2) is 12.0 Å². The maximum atomic E-state index is 10.5. The minimum absolute atomic E-state index is 0.311. The summed E-state index contributed by atoms with van der Waals surface area (Å²) >= 11 is 1.11. The Labute approximate surface area is 96.7 Å². The first-order valence-corrected chi connectivity index (χ1v) is 5.36. The number of carbonyl (C=O) groups is 1. The van der Waals surface area contributed by atoms with Crippen LogP contribution >= 0.6 is 11.8 Å². The fraction of sp³-hybridized carbons (Fsp3) is 0. The second-order valence-corrected chi connectivity index (χ2v) is 3.90. The number of thiocyanates is 1. The first-order chi connectivity index (χ1) is 7.83. The van der Waals surface area contributed by atoms with Crippen LogP contribution in [0.3, 0.4) is 0 Å². The van der Waals surface area contributed by atoms with E-state index in [0.29, 0.717) is 17.8 Å². The van der Waals surface area contributed by atoms with Gasteiger partial charge in [0.25, 0.3) is 0 Å². The van der Waals surface area contributed by atoms with Crippen molar-refractivity contribution in [2.45, 2.75) is 4.90 Å². The molecule has 0 atom stereocenters. The molecule has 0 saturated carbocycles. The maximum Gasteiger partial charge on any atom is 0.185 e. The summed E-state index contributed by atoms with van der Waals surface area (Å²) in [6, 6.07) is 10.8. The highest BCUT2D eigenvalue weighted by Gasteiger charge is 2.03. The molecule has 0 aliphatic heterocycles. The number of hydrogen-bond donors (Lipinski definition) is 0. The molecule has 0 aliphatic carbocycles. The lowest BCUT2D eigenvalue weighted by Gasteiger charge is -1.97. The van der Waals surface area contributed by atoms with Crippen molar-refractivity contribution in [2.75, 3.05) is 0 Å². The molecule has 1 heterocycles. The second kappa shape index (κ2) is 4.69. The number of thioether (sulfide) groups is 1. The number of carbonyl (C=O) groups excluding carboxylic acids is 1. The smallest absolute Gasteiger partial charge is 0.185 e. The van der Waals surface area contributed by atoms with Crippen molar-refractivity contribution >= 4 is 18.0 Å². The number of nitrogens with zero attached hydrogens (tertiary/aromatic N) is 1. The molecule has 0 saturated heterocycles. The molecule has 0 unspecified atom stereocenters. The quantitative estimate of drug-likeness (QED) is 0.460. The Balaban J connectivity index is 2.27. The highest BCUT2D eigenvalue weighted by Crippen LogP contribution is 2.24. The van der Waals surface area contributed by atoms with Crippen LogP contribution in [0.4, 0.5) is 0 Å². The van der Waals surface area contributed by atoms with Crippen LogP contribution < -0.4 is 0 Å². The normalized spacial score (nSPS) is 9.69. The molecule has 0 spiro atoms. The third-order valence-corrected chi connectivity index (χ3v) is 2.64. The third kappa shape index (κ3) is 2.15. The first-order valence-electron chi connectivity index (χ1n) is 4.55. The van der Waals surface area contributed by atoms with Crippen molar-refractivity contribution < 1.29 is 9.21 Å². The van der Waals surface area contributed by atoms with Gasteiger partial charge < -0.3 is 4.42 Å². The number of hydrogen-bond acceptors (Lipinski definition) is 4. The summed E-state index contributed by atoms with van der Waals surface area (Å²) in [4.78, 5) is 11.3. The van der Waals surface area contributed by atoms with Crippen LogP contribution in [0.25, 0.3) is 11.3 Å². The van der Waals surface area contributed by atoms with Crippen LogP contribution in [-0.4, -0.2) is 6.29 Å². The highest BCUT2D eigenvalue weighted by molar-refractivity contribution is 8.03. The SMILES string of the molecule is N#CSc1ccc(-c2ccc(C=O)o2)cc1. The number of furan rings is 1. The van der Waals surface area contributed by atoms with E-state index in [1.807, 2.05) is 29.7 Å². The van der Waals surface area contributed by atoms with E-state index in [4.69, 9.17) is 9.68 Å². The van der Waals surface area contributed by atoms with Crippen LogP contribution in [0.5, 0.6) is 0 Å². The minimum Gasteiger partial charge on any atom is -0.453 e. The molecule has 2 rings (SSSR count). The van der Waals surface area contributed by atoms with Gasteiger partial charge in [-0.15, -0.1) is 0 Å². The van der Waals surface area contributed by atoms with E-state index < -0.39 is 0 Å². The number of rotatable bonds is 3. The molecule has 0 radical (unpaired) electrons.